The number of rotatable bonds is 4. The Morgan fingerprint density at radius 2 is 1.96 bits per heavy atom. The number of anilines is 1. The molecule has 0 saturated heterocycles. The van der Waals surface area contributed by atoms with Gasteiger partial charge in [-0.05, 0) is 42.0 Å². The third kappa shape index (κ3) is 3.08. The standard InChI is InChI=1S/C18H16N2O5/c1-22-13-5-2-11(3-6-13)14-9-17(25-20-14)18(21)19-12-4-7-15-16(8-12)24-10-23-15/h2-8,17H,9-10H2,1H3,(H,19,21)/t17-/m0/s1. The third-order valence-electron chi connectivity index (χ3n) is 4.02. The summed E-state index contributed by atoms with van der Waals surface area (Å²) < 4.78 is 15.7. The molecule has 0 fully saturated rings. The van der Waals surface area contributed by atoms with Crippen molar-refractivity contribution in [2.75, 3.05) is 19.2 Å². The van der Waals surface area contributed by atoms with E-state index < -0.39 is 6.10 Å². The van der Waals surface area contributed by atoms with Crippen molar-refractivity contribution in [2.24, 2.45) is 5.16 Å². The zero-order chi connectivity index (χ0) is 17.2. The molecule has 2 aliphatic rings. The van der Waals surface area contributed by atoms with E-state index >= 15 is 0 Å². The second kappa shape index (κ2) is 6.35. The molecular formula is C18H16N2O5. The van der Waals surface area contributed by atoms with Gasteiger partial charge < -0.3 is 24.4 Å². The normalized spacial score (nSPS) is 17.6. The summed E-state index contributed by atoms with van der Waals surface area (Å²) >= 11 is 0. The van der Waals surface area contributed by atoms with Gasteiger partial charge in [-0.1, -0.05) is 5.16 Å². The summed E-state index contributed by atoms with van der Waals surface area (Å²) in [6.45, 7) is 0.192. The van der Waals surface area contributed by atoms with Crippen molar-refractivity contribution in [2.45, 2.75) is 12.5 Å². The monoisotopic (exact) mass is 340 g/mol. The molecule has 1 N–H and O–H groups in total. The fourth-order valence-corrected chi connectivity index (χ4v) is 2.67. The van der Waals surface area contributed by atoms with E-state index in [1.165, 1.54) is 0 Å². The number of oxime groups is 1. The number of fused-ring (bicyclic) bond motifs is 1. The van der Waals surface area contributed by atoms with Crippen LogP contribution in [0.3, 0.4) is 0 Å². The Bertz CT molecular complexity index is 832. The molecule has 2 aliphatic heterocycles. The quantitative estimate of drug-likeness (QED) is 0.925. The van der Waals surface area contributed by atoms with Crippen molar-refractivity contribution in [3.05, 3.63) is 48.0 Å². The number of nitrogens with one attached hydrogen (secondary N) is 1. The Morgan fingerprint density at radius 3 is 2.76 bits per heavy atom. The Morgan fingerprint density at radius 1 is 1.16 bits per heavy atom. The minimum absolute atomic E-state index is 0.192. The van der Waals surface area contributed by atoms with E-state index in [0.717, 1.165) is 17.0 Å². The number of hydrogen-bond acceptors (Lipinski definition) is 6. The highest BCUT2D eigenvalue weighted by atomic mass is 16.7. The molecule has 0 bridgehead atoms. The molecule has 0 unspecified atom stereocenters. The molecule has 7 nitrogen and oxygen atoms in total. The molecule has 2 aromatic rings. The van der Waals surface area contributed by atoms with Crippen LogP contribution in [0.2, 0.25) is 0 Å². The molecule has 0 saturated carbocycles. The van der Waals surface area contributed by atoms with Crippen LogP contribution in [0.25, 0.3) is 0 Å². The Kier molecular flexibility index (Phi) is 3.89. The predicted molar refractivity (Wildman–Crippen MR) is 90.2 cm³/mol. The van der Waals surface area contributed by atoms with Gasteiger partial charge in [0, 0.05) is 18.2 Å². The zero-order valence-electron chi connectivity index (χ0n) is 13.5. The maximum atomic E-state index is 12.4. The van der Waals surface area contributed by atoms with Crippen LogP contribution in [0, 0.1) is 0 Å². The van der Waals surface area contributed by atoms with Gasteiger partial charge in [-0.15, -0.1) is 0 Å². The Balaban J connectivity index is 1.39. The van der Waals surface area contributed by atoms with Gasteiger partial charge in [0.2, 0.25) is 12.9 Å². The van der Waals surface area contributed by atoms with E-state index in [-0.39, 0.29) is 12.7 Å². The predicted octanol–water partition coefficient (Wildman–Crippen LogP) is 2.56. The number of benzene rings is 2. The molecule has 1 amide bonds. The number of nitrogens with zero attached hydrogens (tertiary/aromatic N) is 1. The fraction of sp³-hybridized carbons (Fsp3) is 0.222. The molecule has 0 spiro atoms. The summed E-state index contributed by atoms with van der Waals surface area (Å²) in [5.74, 6) is 1.78. The summed E-state index contributed by atoms with van der Waals surface area (Å²) in [6.07, 6.45) is -0.259. The van der Waals surface area contributed by atoms with Crippen LogP contribution in [-0.4, -0.2) is 31.6 Å². The smallest absolute Gasteiger partial charge is 0.268 e. The van der Waals surface area contributed by atoms with Gasteiger partial charge in [0.05, 0.1) is 12.8 Å². The molecule has 2 aromatic carbocycles. The lowest BCUT2D eigenvalue weighted by atomic mass is 10.0. The first-order valence-corrected chi connectivity index (χ1v) is 7.80. The summed E-state index contributed by atoms with van der Waals surface area (Å²) in [5.41, 5.74) is 2.25. The van der Waals surface area contributed by atoms with Gasteiger partial charge in [-0.2, -0.15) is 0 Å². The van der Waals surface area contributed by atoms with Gasteiger partial charge in [0.1, 0.15) is 5.75 Å². The van der Waals surface area contributed by atoms with Crippen LogP contribution in [0.5, 0.6) is 17.2 Å². The first kappa shape index (κ1) is 15.3. The minimum atomic E-state index is -0.664. The van der Waals surface area contributed by atoms with Crippen molar-refractivity contribution in [3.8, 4) is 17.2 Å². The molecule has 25 heavy (non-hydrogen) atoms. The third-order valence-corrected chi connectivity index (χ3v) is 4.02. The van der Waals surface area contributed by atoms with Gasteiger partial charge in [-0.25, -0.2) is 0 Å². The van der Waals surface area contributed by atoms with Crippen LogP contribution in [0.15, 0.2) is 47.6 Å². The summed E-state index contributed by atoms with van der Waals surface area (Å²) in [5, 5.41) is 6.84. The van der Waals surface area contributed by atoms with Crippen LogP contribution in [0.1, 0.15) is 12.0 Å². The van der Waals surface area contributed by atoms with E-state index in [9.17, 15) is 4.79 Å². The van der Waals surface area contributed by atoms with E-state index in [1.54, 1.807) is 25.3 Å². The topological polar surface area (TPSA) is 78.4 Å². The van der Waals surface area contributed by atoms with Crippen molar-refractivity contribution >= 4 is 17.3 Å². The Labute approximate surface area is 144 Å². The second-order valence-electron chi connectivity index (χ2n) is 5.62. The maximum absolute atomic E-state index is 12.4. The minimum Gasteiger partial charge on any atom is -0.497 e. The number of carbonyl (C=O) groups is 1. The first-order valence-electron chi connectivity index (χ1n) is 7.80. The fourth-order valence-electron chi connectivity index (χ4n) is 2.67. The van der Waals surface area contributed by atoms with Crippen molar-refractivity contribution in [1.29, 1.82) is 0 Å². The highest BCUT2D eigenvalue weighted by molar-refractivity contribution is 6.06. The molecule has 2 heterocycles. The van der Waals surface area contributed by atoms with Crippen LogP contribution < -0.4 is 19.5 Å². The van der Waals surface area contributed by atoms with Crippen LogP contribution in [0.4, 0.5) is 5.69 Å². The van der Waals surface area contributed by atoms with E-state index in [0.29, 0.717) is 23.6 Å². The van der Waals surface area contributed by atoms with Gasteiger partial charge in [-0.3, -0.25) is 4.79 Å². The first-order chi connectivity index (χ1) is 12.2. The van der Waals surface area contributed by atoms with Gasteiger partial charge in [0.15, 0.2) is 11.5 Å². The van der Waals surface area contributed by atoms with E-state index in [4.69, 9.17) is 19.0 Å². The van der Waals surface area contributed by atoms with Crippen molar-refractivity contribution in [1.82, 2.24) is 0 Å². The van der Waals surface area contributed by atoms with Crippen molar-refractivity contribution < 1.29 is 23.8 Å². The Hall–Kier alpha value is -3.22. The number of amides is 1. The summed E-state index contributed by atoms with van der Waals surface area (Å²) in [7, 11) is 1.61. The second-order valence-corrected chi connectivity index (χ2v) is 5.62. The van der Waals surface area contributed by atoms with Crippen LogP contribution in [-0.2, 0) is 9.63 Å². The zero-order valence-corrected chi connectivity index (χ0v) is 13.5. The average molecular weight is 340 g/mol. The summed E-state index contributed by atoms with van der Waals surface area (Å²) in [4.78, 5) is 17.7. The highest BCUT2D eigenvalue weighted by Crippen LogP contribution is 2.34. The number of hydrogen-bond donors (Lipinski definition) is 1. The lowest BCUT2D eigenvalue weighted by Gasteiger charge is -2.10. The average Bonchev–Trinajstić information content (AvgIpc) is 3.31. The molecular weight excluding hydrogens is 324 g/mol. The lowest BCUT2D eigenvalue weighted by molar-refractivity contribution is -0.125. The largest absolute Gasteiger partial charge is 0.497 e. The number of ether oxygens (including phenoxy) is 3. The van der Waals surface area contributed by atoms with E-state index in [1.807, 2.05) is 24.3 Å². The van der Waals surface area contributed by atoms with Crippen LogP contribution >= 0.6 is 0 Å². The SMILES string of the molecule is COc1ccc(C2=NO[C@H](C(=O)Nc3ccc4c(c3)OCO4)C2)cc1. The molecule has 7 heteroatoms. The molecule has 0 aliphatic carbocycles. The maximum Gasteiger partial charge on any atom is 0.268 e. The number of methoxy groups -OCH3 is 1. The van der Waals surface area contributed by atoms with Crippen molar-refractivity contribution in [3.63, 3.8) is 0 Å². The molecule has 0 radical (unpaired) electrons. The van der Waals surface area contributed by atoms with Gasteiger partial charge >= 0.3 is 0 Å². The van der Waals surface area contributed by atoms with E-state index in [2.05, 4.69) is 10.5 Å². The number of carbonyl (C=O) groups excluding carboxylic acids is 1. The molecule has 0 aromatic heterocycles. The summed E-state index contributed by atoms with van der Waals surface area (Å²) in [6, 6.07) is 12.7. The highest BCUT2D eigenvalue weighted by Gasteiger charge is 2.29. The molecule has 4 rings (SSSR count). The lowest BCUT2D eigenvalue weighted by Crippen LogP contribution is -2.28. The van der Waals surface area contributed by atoms with Gasteiger partial charge in [0.25, 0.3) is 5.91 Å². The molecule has 1 atom stereocenters. The molecule has 128 valence electrons.